The van der Waals surface area contributed by atoms with Crippen molar-refractivity contribution in [3.05, 3.63) is 5.01 Å². The zero-order valence-corrected chi connectivity index (χ0v) is 8.51. The van der Waals surface area contributed by atoms with E-state index in [-0.39, 0.29) is 0 Å². The molecule has 0 unspecified atom stereocenters. The number of anilines is 1. The zero-order chi connectivity index (χ0) is 9.10. The van der Waals surface area contributed by atoms with Gasteiger partial charge >= 0.3 is 0 Å². The molecule has 2 rings (SSSR count). The molecule has 1 aromatic heterocycles. The summed E-state index contributed by atoms with van der Waals surface area (Å²) in [7, 11) is 1.68. The van der Waals surface area contributed by atoms with Gasteiger partial charge in [-0.2, -0.15) is 0 Å². The Kier molecular flexibility index (Phi) is 2.75. The van der Waals surface area contributed by atoms with Crippen molar-refractivity contribution in [3.63, 3.8) is 0 Å². The van der Waals surface area contributed by atoms with Gasteiger partial charge in [0.1, 0.15) is 11.6 Å². The third-order valence-corrected chi connectivity index (χ3v) is 3.06. The number of aromatic nitrogens is 2. The molecule has 72 valence electrons. The highest BCUT2D eigenvalue weighted by atomic mass is 32.1. The fourth-order valence-electron chi connectivity index (χ4n) is 1.46. The van der Waals surface area contributed by atoms with E-state index in [1.54, 1.807) is 18.4 Å². The zero-order valence-electron chi connectivity index (χ0n) is 7.69. The van der Waals surface area contributed by atoms with E-state index in [1.807, 2.05) is 0 Å². The summed E-state index contributed by atoms with van der Waals surface area (Å²) in [5.41, 5.74) is 0. The molecule has 0 atom stereocenters. The van der Waals surface area contributed by atoms with Crippen molar-refractivity contribution in [2.75, 3.05) is 25.1 Å². The van der Waals surface area contributed by atoms with Crippen LogP contribution in [0.2, 0.25) is 0 Å². The summed E-state index contributed by atoms with van der Waals surface area (Å²) < 4.78 is 4.99. The van der Waals surface area contributed by atoms with Gasteiger partial charge in [-0.3, -0.25) is 0 Å². The predicted octanol–water partition coefficient (Wildman–Crippen LogP) is 1.28. The molecule has 4 nitrogen and oxygen atoms in total. The van der Waals surface area contributed by atoms with Crippen molar-refractivity contribution in [2.24, 2.45) is 0 Å². The standard InChI is InChI=1S/C8H13N3OS/c1-12-6-7-9-10-8(13-7)11-4-2-3-5-11/h2-6H2,1H3. The highest BCUT2D eigenvalue weighted by Gasteiger charge is 2.16. The Balaban J connectivity index is 2.03. The van der Waals surface area contributed by atoms with Crippen LogP contribution >= 0.6 is 11.3 Å². The molecule has 0 aromatic carbocycles. The summed E-state index contributed by atoms with van der Waals surface area (Å²) in [5.74, 6) is 0. The fourth-order valence-corrected chi connectivity index (χ4v) is 2.33. The highest BCUT2D eigenvalue weighted by Crippen LogP contribution is 2.24. The number of methoxy groups -OCH3 is 1. The predicted molar refractivity (Wildman–Crippen MR) is 52.1 cm³/mol. The average molecular weight is 199 g/mol. The summed E-state index contributed by atoms with van der Waals surface area (Å²) in [5, 5.41) is 10.2. The molecule has 1 saturated heterocycles. The smallest absolute Gasteiger partial charge is 0.208 e. The van der Waals surface area contributed by atoms with Crippen LogP contribution in [0.5, 0.6) is 0 Å². The summed E-state index contributed by atoms with van der Waals surface area (Å²) in [6, 6.07) is 0. The van der Waals surface area contributed by atoms with Gasteiger partial charge in [0.05, 0.1) is 0 Å². The molecule has 1 fully saturated rings. The lowest BCUT2D eigenvalue weighted by atomic mass is 10.4. The van der Waals surface area contributed by atoms with Crippen LogP contribution in [-0.4, -0.2) is 30.4 Å². The molecule has 13 heavy (non-hydrogen) atoms. The molecule has 0 spiro atoms. The average Bonchev–Trinajstić information content (AvgIpc) is 2.70. The van der Waals surface area contributed by atoms with Gasteiger partial charge in [0.15, 0.2) is 0 Å². The molecule has 0 amide bonds. The van der Waals surface area contributed by atoms with Crippen molar-refractivity contribution in [1.29, 1.82) is 0 Å². The topological polar surface area (TPSA) is 38.3 Å². The van der Waals surface area contributed by atoms with E-state index in [0.717, 1.165) is 23.2 Å². The SMILES string of the molecule is COCc1nnc(N2CCCC2)s1. The summed E-state index contributed by atoms with van der Waals surface area (Å²) in [4.78, 5) is 2.29. The maximum absolute atomic E-state index is 4.99. The van der Waals surface area contributed by atoms with Crippen LogP contribution in [0.1, 0.15) is 17.8 Å². The van der Waals surface area contributed by atoms with Gasteiger partial charge in [0.2, 0.25) is 5.13 Å². The fraction of sp³-hybridized carbons (Fsp3) is 0.750. The van der Waals surface area contributed by atoms with Gasteiger partial charge in [-0.25, -0.2) is 0 Å². The molecule has 1 aromatic rings. The lowest BCUT2D eigenvalue weighted by Gasteiger charge is -2.10. The third-order valence-electron chi connectivity index (χ3n) is 2.10. The maximum Gasteiger partial charge on any atom is 0.208 e. The first kappa shape index (κ1) is 8.90. The van der Waals surface area contributed by atoms with E-state index in [4.69, 9.17) is 4.74 Å². The van der Waals surface area contributed by atoms with Crippen LogP contribution in [0.15, 0.2) is 0 Å². The first-order valence-electron chi connectivity index (χ1n) is 4.46. The van der Waals surface area contributed by atoms with E-state index in [2.05, 4.69) is 15.1 Å². The Hall–Kier alpha value is -0.680. The van der Waals surface area contributed by atoms with E-state index in [1.165, 1.54) is 12.8 Å². The summed E-state index contributed by atoms with van der Waals surface area (Å²) in [6.07, 6.45) is 2.55. The molecule has 2 heterocycles. The first-order chi connectivity index (χ1) is 6.40. The molecule has 0 bridgehead atoms. The number of hydrogen-bond donors (Lipinski definition) is 0. The maximum atomic E-state index is 4.99. The van der Waals surface area contributed by atoms with Gasteiger partial charge in [-0.15, -0.1) is 10.2 Å². The largest absolute Gasteiger partial charge is 0.377 e. The lowest BCUT2D eigenvalue weighted by Crippen LogP contribution is -2.17. The number of ether oxygens (including phenoxy) is 1. The minimum atomic E-state index is 0.575. The normalized spacial score (nSPS) is 16.8. The molecule has 0 radical (unpaired) electrons. The van der Waals surface area contributed by atoms with Crippen LogP contribution in [0.3, 0.4) is 0 Å². The van der Waals surface area contributed by atoms with E-state index in [0.29, 0.717) is 6.61 Å². The molecule has 0 saturated carbocycles. The van der Waals surface area contributed by atoms with Crippen molar-refractivity contribution >= 4 is 16.5 Å². The Bertz CT molecular complexity index is 270. The summed E-state index contributed by atoms with van der Waals surface area (Å²) in [6.45, 7) is 2.83. The van der Waals surface area contributed by atoms with Crippen LogP contribution in [0.4, 0.5) is 5.13 Å². The Labute approximate surface area is 81.5 Å². The Morgan fingerprint density at radius 3 is 2.85 bits per heavy atom. The number of rotatable bonds is 3. The molecule has 1 aliphatic heterocycles. The van der Waals surface area contributed by atoms with E-state index in [9.17, 15) is 0 Å². The van der Waals surface area contributed by atoms with Crippen LogP contribution in [0.25, 0.3) is 0 Å². The first-order valence-corrected chi connectivity index (χ1v) is 5.28. The van der Waals surface area contributed by atoms with Crippen LogP contribution in [-0.2, 0) is 11.3 Å². The minimum absolute atomic E-state index is 0.575. The van der Waals surface area contributed by atoms with Crippen LogP contribution < -0.4 is 4.90 Å². The van der Waals surface area contributed by atoms with Crippen molar-refractivity contribution in [2.45, 2.75) is 19.4 Å². The van der Waals surface area contributed by atoms with Gasteiger partial charge in [-0.1, -0.05) is 11.3 Å². The molecule has 0 aliphatic carbocycles. The molecule has 0 N–H and O–H groups in total. The summed E-state index contributed by atoms with van der Waals surface area (Å²) >= 11 is 1.63. The lowest BCUT2D eigenvalue weighted by molar-refractivity contribution is 0.184. The quantitative estimate of drug-likeness (QED) is 0.735. The Morgan fingerprint density at radius 1 is 1.38 bits per heavy atom. The second kappa shape index (κ2) is 4.02. The van der Waals surface area contributed by atoms with E-state index >= 15 is 0 Å². The van der Waals surface area contributed by atoms with Crippen molar-refractivity contribution < 1.29 is 4.74 Å². The van der Waals surface area contributed by atoms with Crippen LogP contribution in [0, 0.1) is 0 Å². The van der Waals surface area contributed by atoms with Crippen molar-refractivity contribution in [1.82, 2.24) is 10.2 Å². The molecule has 5 heteroatoms. The third kappa shape index (κ3) is 1.97. The number of hydrogen-bond acceptors (Lipinski definition) is 5. The second-order valence-corrected chi connectivity index (χ2v) is 4.15. The van der Waals surface area contributed by atoms with Gasteiger partial charge < -0.3 is 9.64 Å². The van der Waals surface area contributed by atoms with Gasteiger partial charge in [0.25, 0.3) is 0 Å². The molecular formula is C8H13N3OS. The monoisotopic (exact) mass is 199 g/mol. The van der Waals surface area contributed by atoms with E-state index < -0.39 is 0 Å². The molecule has 1 aliphatic rings. The Morgan fingerprint density at radius 2 is 2.15 bits per heavy atom. The van der Waals surface area contributed by atoms with Crippen molar-refractivity contribution in [3.8, 4) is 0 Å². The minimum Gasteiger partial charge on any atom is -0.377 e. The van der Waals surface area contributed by atoms with Gasteiger partial charge in [-0.05, 0) is 12.8 Å². The number of nitrogens with zero attached hydrogens (tertiary/aromatic N) is 3. The highest BCUT2D eigenvalue weighted by molar-refractivity contribution is 7.15. The second-order valence-electron chi connectivity index (χ2n) is 3.11. The van der Waals surface area contributed by atoms with Gasteiger partial charge in [0, 0.05) is 20.2 Å². The molecular weight excluding hydrogens is 186 g/mol.